The van der Waals surface area contributed by atoms with Crippen LogP contribution < -0.4 is 4.74 Å². The van der Waals surface area contributed by atoms with Gasteiger partial charge in [-0.05, 0) is 65.8 Å². The summed E-state index contributed by atoms with van der Waals surface area (Å²) in [5.41, 5.74) is 4.10. The second kappa shape index (κ2) is 8.19. The summed E-state index contributed by atoms with van der Waals surface area (Å²) in [7, 11) is 0. The highest BCUT2D eigenvalue weighted by atomic mass is 19.1. The van der Waals surface area contributed by atoms with Crippen molar-refractivity contribution in [2.75, 3.05) is 0 Å². The summed E-state index contributed by atoms with van der Waals surface area (Å²) < 4.78 is 20.3. The van der Waals surface area contributed by atoms with Gasteiger partial charge in [0.05, 0.1) is 5.92 Å². The van der Waals surface area contributed by atoms with Crippen LogP contribution in [-0.2, 0) is 17.6 Å². The minimum atomic E-state index is -0.810. The van der Waals surface area contributed by atoms with Crippen LogP contribution in [0.15, 0.2) is 60.7 Å². The van der Waals surface area contributed by atoms with Gasteiger partial charge in [0.25, 0.3) is 0 Å². The Kier molecular flexibility index (Phi) is 5.44. The molecule has 1 heterocycles. The number of rotatable bonds is 5. The molecule has 2 atom stereocenters. The number of phenols is 1. The van der Waals surface area contributed by atoms with Crippen LogP contribution in [-0.4, -0.2) is 16.2 Å². The first-order chi connectivity index (χ1) is 14.4. The molecule has 0 fully saturated rings. The number of hydrogen-bond donors (Lipinski definition) is 2. The van der Waals surface area contributed by atoms with E-state index in [0.717, 1.165) is 35.3 Å². The van der Waals surface area contributed by atoms with Gasteiger partial charge in [-0.3, -0.25) is 4.79 Å². The monoisotopic (exact) mass is 406 g/mol. The first-order valence-electron chi connectivity index (χ1n) is 10.0. The van der Waals surface area contributed by atoms with Crippen molar-refractivity contribution in [3.8, 4) is 22.6 Å². The van der Waals surface area contributed by atoms with Gasteiger partial charge in [-0.1, -0.05) is 43.3 Å². The maximum atomic E-state index is 14.1. The predicted molar refractivity (Wildman–Crippen MR) is 112 cm³/mol. The van der Waals surface area contributed by atoms with Gasteiger partial charge in [0.1, 0.15) is 23.4 Å². The minimum absolute atomic E-state index is 0.0238. The van der Waals surface area contributed by atoms with Crippen molar-refractivity contribution in [3.05, 3.63) is 83.2 Å². The van der Waals surface area contributed by atoms with Gasteiger partial charge < -0.3 is 14.9 Å². The lowest BCUT2D eigenvalue weighted by molar-refractivity contribution is -0.141. The summed E-state index contributed by atoms with van der Waals surface area (Å²) in [6, 6.07) is 17.4. The van der Waals surface area contributed by atoms with Crippen molar-refractivity contribution in [2.45, 2.75) is 32.3 Å². The normalized spacial score (nSPS) is 16.4. The van der Waals surface area contributed by atoms with E-state index in [0.29, 0.717) is 17.5 Å². The molecular formula is C25H23FO4. The molecule has 3 aromatic carbocycles. The van der Waals surface area contributed by atoms with Gasteiger partial charge in [-0.15, -0.1) is 0 Å². The Bertz CT molecular complexity index is 1080. The lowest BCUT2D eigenvalue weighted by Crippen LogP contribution is -2.16. The Balaban J connectivity index is 1.53. The first kappa shape index (κ1) is 20.0. The third-order valence-corrected chi connectivity index (χ3v) is 5.58. The molecule has 1 aliphatic rings. The van der Waals surface area contributed by atoms with Crippen molar-refractivity contribution in [3.63, 3.8) is 0 Å². The van der Waals surface area contributed by atoms with Crippen molar-refractivity contribution in [1.29, 1.82) is 0 Å². The standard InChI is InChI=1S/C25H23FO4/c1-15(25(28)29)12-16-2-3-19-8-11-23(30-24(19)13-16)18-6-4-17(5-7-18)21-14-20(27)9-10-22(21)26/h2-7,9-10,13-15,23,27H,8,11-12H2,1H3,(H,28,29)/t15-,23?/m0/s1. The number of halogens is 1. The van der Waals surface area contributed by atoms with Crippen molar-refractivity contribution >= 4 is 5.97 Å². The molecule has 2 N–H and O–H groups in total. The van der Waals surface area contributed by atoms with E-state index in [9.17, 15) is 14.3 Å². The lowest BCUT2D eigenvalue weighted by Gasteiger charge is -2.27. The summed E-state index contributed by atoms with van der Waals surface area (Å²) in [5, 5.41) is 18.8. The first-order valence-corrected chi connectivity index (χ1v) is 10.0. The number of fused-ring (bicyclic) bond motifs is 1. The van der Waals surface area contributed by atoms with E-state index in [4.69, 9.17) is 9.84 Å². The molecule has 4 rings (SSSR count). The number of carboxylic acid groups (broad SMARTS) is 1. The van der Waals surface area contributed by atoms with E-state index < -0.39 is 11.9 Å². The largest absolute Gasteiger partial charge is 0.508 e. The number of ether oxygens (including phenoxy) is 1. The van der Waals surface area contributed by atoms with E-state index in [1.165, 1.54) is 18.2 Å². The molecular weight excluding hydrogens is 383 g/mol. The number of aliphatic carboxylic acids is 1. The molecule has 4 nitrogen and oxygen atoms in total. The number of aromatic hydroxyl groups is 1. The zero-order chi connectivity index (χ0) is 21.3. The number of carbonyl (C=O) groups is 1. The van der Waals surface area contributed by atoms with Crippen LogP contribution in [0.25, 0.3) is 11.1 Å². The average molecular weight is 406 g/mol. The molecule has 0 bridgehead atoms. The van der Waals surface area contributed by atoms with Gasteiger partial charge in [0, 0.05) is 5.56 Å². The fourth-order valence-electron chi connectivity index (χ4n) is 3.83. The fraction of sp³-hybridized carbons (Fsp3) is 0.240. The number of carboxylic acids is 1. The van der Waals surface area contributed by atoms with Gasteiger partial charge >= 0.3 is 5.97 Å². The van der Waals surface area contributed by atoms with Crippen molar-refractivity contribution in [1.82, 2.24) is 0 Å². The Morgan fingerprint density at radius 2 is 1.90 bits per heavy atom. The third kappa shape index (κ3) is 4.15. The summed E-state index contributed by atoms with van der Waals surface area (Å²) >= 11 is 0. The Morgan fingerprint density at radius 1 is 1.13 bits per heavy atom. The minimum Gasteiger partial charge on any atom is -0.508 e. The predicted octanol–water partition coefficient (Wildman–Crippen LogP) is 5.53. The highest BCUT2D eigenvalue weighted by Crippen LogP contribution is 2.37. The summed E-state index contributed by atoms with van der Waals surface area (Å²) in [5.74, 6) is -0.825. The van der Waals surface area contributed by atoms with Crippen LogP contribution in [0.4, 0.5) is 4.39 Å². The zero-order valence-corrected chi connectivity index (χ0v) is 16.6. The van der Waals surface area contributed by atoms with Crippen LogP contribution in [0.2, 0.25) is 0 Å². The van der Waals surface area contributed by atoms with E-state index in [2.05, 4.69) is 0 Å². The second-order valence-electron chi connectivity index (χ2n) is 7.82. The van der Waals surface area contributed by atoms with Crippen LogP contribution in [0.3, 0.4) is 0 Å². The SMILES string of the molecule is C[C@@H](Cc1ccc2c(c1)OC(c1ccc(-c3cc(O)ccc3F)cc1)CC2)C(=O)O. The third-order valence-electron chi connectivity index (χ3n) is 5.58. The van der Waals surface area contributed by atoms with E-state index in [1.807, 2.05) is 42.5 Å². The molecule has 30 heavy (non-hydrogen) atoms. The van der Waals surface area contributed by atoms with Gasteiger partial charge in [0.2, 0.25) is 0 Å². The smallest absolute Gasteiger partial charge is 0.306 e. The van der Waals surface area contributed by atoms with Gasteiger partial charge in [-0.25, -0.2) is 4.39 Å². The fourth-order valence-corrected chi connectivity index (χ4v) is 3.83. The summed E-state index contributed by atoms with van der Waals surface area (Å²) in [4.78, 5) is 11.1. The topological polar surface area (TPSA) is 66.8 Å². The summed E-state index contributed by atoms with van der Waals surface area (Å²) in [6.07, 6.45) is 2.05. The molecule has 5 heteroatoms. The zero-order valence-electron chi connectivity index (χ0n) is 16.6. The Morgan fingerprint density at radius 3 is 2.63 bits per heavy atom. The molecule has 0 amide bonds. The van der Waals surface area contributed by atoms with Crippen molar-refractivity contribution < 1.29 is 24.1 Å². The average Bonchev–Trinajstić information content (AvgIpc) is 2.75. The lowest BCUT2D eigenvalue weighted by atomic mass is 9.93. The van der Waals surface area contributed by atoms with Gasteiger partial charge in [0.15, 0.2) is 0 Å². The number of hydrogen-bond acceptors (Lipinski definition) is 3. The molecule has 0 radical (unpaired) electrons. The molecule has 0 saturated heterocycles. The van der Waals surface area contributed by atoms with E-state index in [1.54, 1.807) is 6.92 Å². The van der Waals surface area contributed by atoms with E-state index in [-0.39, 0.29) is 17.7 Å². The van der Waals surface area contributed by atoms with Gasteiger partial charge in [-0.2, -0.15) is 0 Å². The molecule has 1 aliphatic heterocycles. The molecule has 1 unspecified atom stereocenters. The Labute approximate surface area is 174 Å². The molecule has 0 saturated carbocycles. The molecule has 3 aromatic rings. The van der Waals surface area contributed by atoms with Crippen molar-refractivity contribution in [2.24, 2.45) is 5.92 Å². The number of aryl methyl sites for hydroxylation is 1. The number of benzene rings is 3. The maximum absolute atomic E-state index is 14.1. The van der Waals surface area contributed by atoms with E-state index >= 15 is 0 Å². The second-order valence-corrected chi connectivity index (χ2v) is 7.82. The van der Waals surface area contributed by atoms with Crippen LogP contribution in [0.1, 0.15) is 36.1 Å². The highest BCUT2D eigenvalue weighted by Gasteiger charge is 2.22. The highest BCUT2D eigenvalue weighted by molar-refractivity contribution is 5.70. The summed E-state index contributed by atoms with van der Waals surface area (Å²) in [6.45, 7) is 1.70. The Hall–Kier alpha value is -3.34. The van der Waals surface area contributed by atoms with Crippen LogP contribution in [0.5, 0.6) is 11.5 Å². The maximum Gasteiger partial charge on any atom is 0.306 e. The van der Waals surface area contributed by atoms with Crippen LogP contribution in [0, 0.1) is 11.7 Å². The molecule has 154 valence electrons. The molecule has 0 spiro atoms. The molecule has 0 aromatic heterocycles. The quantitative estimate of drug-likeness (QED) is 0.585. The van der Waals surface area contributed by atoms with Crippen LogP contribution >= 0.6 is 0 Å². The molecule has 0 aliphatic carbocycles. The number of phenolic OH excluding ortho intramolecular Hbond substituents is 1.